The summed E-state index contributed by atoms with van der Waals surface area (Å²) in [6, 6.07) is 8.17. The molecule has 5 heteroatoms. The molecular weight excluding hydrogens is 362 g/mol. The van der Waals surface area contributed by atoms with Crippen molar-refractivity contribution in [2.24, 2.45) is 0 Å². The molecule has 0 aromatic heterocycles. The van der Waals surface area contributed by atoms with Crippen LogP contribution in [0, 0.1) is 0 Å². The predicted octanol–water partition coefficient (Wildman–Crippen LogP) is 3.80. The number of rotatable bonds is 5. The van der Waals surface area contributed by atoms with Gasteiger partial charge in [0.25, 0.3) is 5.91 Å². The van der Waals surface area contributed by atoms with E-state index in [1.807, 2.05) is 36.1 Å². The van der Waals surface area contributed by atoms with Crippen molar-refractivity contribution in [3.8, 4) is 0 Å². The maximum Gasteiger partial charge on any atom is 0.253 e. The molecule has 5 nitrogen and oxygen atoms in total. The summed E-state index contributed by atoms with van der Waals surface area (Å²) in [4.78, 5) is 29.6. The highest BCUT2D eigenvalue weighted by Crippen LogP contribution is 2.19. The van der Waals surface area contributed by atoms with Gasteiger partial charge in [-0.2, -0.15) is 0 Å². The van der Waals surface area contributed by atoms with Gasteiger partial charge in [0.2, 0.25) is 5.91 Å². The highest BCUT2D eigenvalue weighted by atomic mass is 16.2. The summed E-state index contributed by atoms with van der Waals surface area (Å²) in [5.74, 6) is 0.699. The number of benzene rings is 1. The van der Waals surface area contributed by atoms with Gasteiger partial charge in [-0.1, -0.05) is 51.7 Å². The molecule has 1 heterocycles. The van der Waals surface area contributed by atoms with Gasteiger partial charge in [0.05, 0.1) is 6.04 Å². The zero-order valence-corrected chi connectivity index (χ0v) is 18.3. The van der Waals surface area contributed by atoms with E-state index < -0.39 is 0 Å². The van der Waals surface area contributed by atoms with Crippen LogP contribution in [-0.2, 0) is 4.79 Å². The summed E-state index contributed by atoms with van der Waals surface area (Å²) in [5, 5.41) is 3.27. The molecule has 1 saturated carbocycles. The van der Waals surface area contributed by atoms with Crippen LogP contribution < -0.4 is 5.32 Å². The Morgan fingerprint density at radius 2 is 1.48 bits per heavy atom. The predicted molar refractivity (Wildman–Crippen MR) is 117 cm³/mol. The minimum atomic E-state index is -0.138. The fourth-order valence-corrected chi connectivity index (χ4v) is 4.42. The van der Waals surface area contributed by atoms with E-state index in [0.29, 0.717) is 25.0 Å². The van der Waals surface area contributed by atoms with Crippen molar-refractivity contribution in [3.05, 3.63) is 35.4 Å². The summed E-state index contributed by atoms with van der Waals surface area (Å²) in [6.07, 6.45) is 7.24. The van der Waals surface area contributed by atoms with Crippen molar-refractivity contribution in [2.75, 3.05) is 26.2 Å². The van der Waals surface area contributed by atoms with Gasteiger partial charge < -0.3 is 10.2 Å². The second-order valence-electron chi connectivity index (χ2n) is 8.98. The molecule has 29 heavy (non-hydrogen) atoms. The fraction of sp³-hybridized carbons (Fsp3) is 0.667. The van der Waals surface area contributed by atoms with Crippen molar-refractivity contribution in [1.29, 1.82) is 0 Å². The molecule has 3 rings (SSSR count). The third kappa shape index (κ3) is 5.81. The van der Waals surface area contributed by atoms with Crippen LogP contribution in [0.3, 0.4) is 0 Å². The first kappa shape index (κ1) is 21.8. The lowest BCUT2D eigenvalue weighted by Crippen LogP contribution is -2.55. The van der Waals surface area contributed by atoms with Gasteiger partial charge in [-0.15, -0.1) is 0 Å². The Morgan fingerprint density at radius 3 is 2.03 bits per heavy atom. The highest BCUT2D eigenvalue weighted by molar-refractivity contribution is 5.94. The number of piperazine rings is 1. The van der Waals surface area contributed by atoms with E-state index in [9.17, 15) is 9.59 Å². The van der Waals surface area contributed by atoms with Crippen LogP contribution in [0.4, 0.5) is 0 Å². The Hall–Kier alpha value is -1.88. The molecule has 1 aliphatic heterocycles. The maximum absolute atomic E-state index is 12.8. The fourth-order valence-electron chi connectivity index (χ4n) is 4.42. The molecule has 1 aromatic rings. The smallest absolute Gasteiger partial charge is 0.253 e. The quantitative estimate of drug-likeness (QED) is 0.767. The van der Waals surface area contributed by atoms with Crippen LogP contribution >= 0.6 is 0 Å². The molecule has 1 saturated heterocycles. The van der Waals surface area contributed by atoms with Gasteiger partial charge in [-0.3, -0.25) is 14.5 Å². The van der Waals surface area contributed by atoms with Gasteiger partial charge in [-0.05, 0) is 43.4 Å². The molecule has 1 unspecified atom stereocenters. The van der Waals surface area contributed by atoms with Crippen LogP contribution in [0.15, 0.2) is 24.3 Å². The SMILES string of the molecule is CC(C)c1ccc(C(=O)N2CCN(C(C)C(=O)NC3CCCCCC3)CC2)cc1. The molecule has 1 atom stereocenters. The number of carbonyl (C=O) groups is 2. The molecule has 0 bridgehead atoms. The molecule has 0 spiro atoms. The first-order valence-electron chi connectivity index (χ1n) is 11.4. The van der Waals surface area contributed by atoms with Crippen LogP contribution in [0.1, 0.15) is 81.1 Å². The van der Waals surface area contributed by atoms with Crippen molar-refractivity contribution in [1.82, 2.24) is 15.1 Å². The second kappa shape index (κ2) is 10.2. The number of amides is 2. The summed E-state index contributed by atoms with van der Waals surface area (Å²) in [5.41, 5.74) is 2.00. The first-order valence-corrected chi connectivity index (χ1v) is 11.4. The minimum Gasteiger partial charge on any atom is -0.352 e. The maximum atomic E-state index is 12.8. The lowest BCUT2D eigenvalue weighted by molar-refractivity contribution is -0.127. The second-order valence-corrected chi connectivity index (χ2v) is 8.98. The standard InChI is InChI=1S/C24H37N3O2/c1-18(2)20-10-12-21(13-11-20)24(29)27-16-14-26(15-17-27)19(3)23(28)25-22-8-6-4-5-7-9-22/h10-13,18-19,22H,4-9,14-17H2,1-3H3,(H,25,28). The molecule has 2 amide bonds. The number of hydrogen-bond donors (Lipinski definition) is 1. The summed E-state index contributed by atoms with van der Waals surface area (Å²) in [7, 11) is 0. The van der Waals surface area contributed by atoms with E-state index in [0.717, 1.165) is 31.5 Å². The van der Waals surface area contributed by atoms with Crippen LogP contribution in [-0.4, -0.2) is 59.9 Å². The van der Waals surface area contributed by atoms with Gasteiger partial charge in [0, 0.05) is 37.8 Å². The molecule has 160 valence electrons. The molecule has 0 radical (unpaired) electrons. The Labute approximate surface area is 175 Å². The van der Waals surface area contributed by atoms with Gasteiger partial charge in [0.15, 0.2) is 0 Å². The third-order valence-electron chi connectivity index (χ3n) is 6.55. The van der Waals surface area contributed by atoms with Crippen molar-refractivity contribution in [3.63, 3.8) is 0 Å². The van der Waals surface area contributed by atoms with Crippen molar-refractivity contribution < 1.29 is 9.59 Å². The normalized spacial score (nSPS) is 20.3. The number of nitrogens with one attached hydrogen (secondary N) is 1. The van der Waals surface area contributed by atoms with Crippen molar-refractivity contribution in [2.45, 2.75) is 77.3 Å². The molecule has 2 fully saturated rings. The van der Waals surface area contributed by atoms with Crippen LogP contribution in [0.5, 0.6) is 0 Å². The van der Waals surface area contributed by atoms with Crippen molar-refractivity contribution >= 4 is 11.8 Å². The highest BCUT2D eigenvalue weighted by Gasteiger charge is 2.29. The molecule has 1 aliphatic carbocycles. The largest absolute Gasteiger partial charge is 0.352 e. The zero-order valence-electron chi connectivity index (χ0n) is 18.3. The molecular formula is C24H37N3O2. The number of hydrogen-bond acceptors (Lipinski definition) is 3. The van der Waals surface area contributed by atoms with Gasteiger partial charge in [-0.25, -0.2) is 0 Å². The van der Waals surface area contributed by atoms with E-state index in [4.69, 9.17) is 0 Å². The molecule has 1 aromatic carbocycles. The lowest BCUT2D eigenvalue weighted by Gasteiger charge is -2.37. The van der Waals surface area contributed by atoms with Gasteiger partial charge >= 0.3 is 0 Å². The van der Waals surface area contributed by atoms with E-state index in [1.165, 1.54) is 31.2 Å². The van der Waals surface area contributed by atoms with Crippen LogP contribution in [0.2, 0.25) is 0 Å². The average Bonchev–Trinajstić information content (AvgIpc) is 3.01. The van der Waals surface area contributed by atoms with E-state index in [-0.39, 0.29) is 17.9 Å². The number of carbonyl (C=O) groups excluding carboxylic acids is 2. The van der Waals surface area contributed by atoms with E-state index in [2.05, 4.69) is 24.1 Å². The Morgan fingerprint density at radius 1 is 0.897 bits per heavy atom. The summed E-state index contributed by atoms with van der Waals surface area (Å²) >= 11 is 0. The van der Waals surface area contributed by atoms with Gasteiger partial charge in [0.1, 0.15) is 0 Å². The Kier molecular flexibility index (Phi) is 7.70. The Balaban J connectivity index is 1.48. The number of nitrogens with zero attached hydrogens (tertiary/aromatic N) is 2. The summed E-state index contributed by atoms with van der Waals surface area (Å²) in [6.45, 7) is 9.14. The third-order valence-corrected chi connectivity index (χ3v) is 6.55. The topological polar surface area (TPSA) is 52.7 Å². The molecule has 2 aliphatic rings. The molecule has 1 N–H and O–H groups in total. The monoisotopic (exact) mass is 399 g/mol. The van der Waals surface area contributed by atoms with Crippen LogP contribution in [0.25, 0.3) is 0 Å². The van der Waals surface area contributed by atoms with E-state index in [1.54, 1.807) is 0 Å². The Bertz CT molecular complexity index is 670. The van der Waals surface area contributed by atoms with E-state index >= 15 is 0 Å². The first-order chi connectivity index (χ1) is 14.0. The zero-order chi connectivity index (χ0) is 20.8. The average molecular weight is 400 g/mol. The minimum absolute atomic E-state index is 0.0931. The summed E-state index contributed by atoms with van der Waals surface area (Å²) < 4.78 is 0. The lowest BCUT2D eigenvalue weighted by atomic mass is 10.0.